The first-order chi connectivity index (χ1) is 10.1. The van der Waals surface area contributed by atoms with Crippen LogP contribution in [0, 0.1) is 11.3 Å². The molecule has 1 aromatic heterocycles. The van der Waals surface area contributed by atoms with Crippen LogP contribution in [0.5, 0.6) is 0 Å². The molecule has 1 aromatic carbocycles. The minimum Gasteiger partial charge on any atom is -0.196 e. The highest BCUT2D eigenvalue weighted by Crippen LogP contribution is 2.36. The molecule has 0 unspecified atom stereocenters. The second-order valence-electron chi connectivity index (χ2n) is 4.32. The number of nitriles is 1. The molecule has 0 bridgehead atoms. The number of benzene rings is 1. The Morgan fingerprint density at radius 1 is 0.955 bits per heavy atom. The van der Waals surface area contributed by atoms with Crippen LogP contribution in [0.2, 0.25) is 0 Å². The summed E-state index contributed by atoms with van der Waals surface area (Å²) in [7, 11) is 0. The number of H-pyrrole nitrogens is 1. The van der Waals surface area contributed by atoms with E-state index in [4.69, 9.17) is 5.26 Å². The van der Waals surface area contributed by atoms with Crippen molar-refractivity contribution in [1.82, 2.24) is 15.4 Å². The number of nitrogens with one attached hydrogen (secondary N) is 1. The predicted molar refractivity (Wildman–Crippen MR) is 60.3 cm³/mol. The van der Waals surface area contributed by atoms with E-state index in [9.17, 15) is 26.3 Å². The van der Waals surface area contributed by atoms with Crippen molar-refractivity contribution in [3.8, 4) is 6.07 Å². The topological polar surface area (TPSA) is 65.4 Å². The first kappa shape index (κ1) is 15.8. The van der Waals surface area contributed by atoms with E-state index in [1.807, 2.05) is 0 Å². The molecule has 0 saturated heterocycles. The summed E-state index contributed by atoms with van der Waals surface area (Å²) in [6.45, 7) is 0. The van der Waals surface area contributed by atoms with Gasteiger partial charge in [0.05, 0.1) is 11.1 Å². The number of hydrogen-bond donors (Lipinski definition) is 1. The number of alkyl halides is 6. The molecule has 1 heterocycles. The summed E-state index contributed by atoms with van der Waals surface area (Å²) in [5.41, 5.74) is -3.33. The lowest BCUT2D eigenvalue weighted by atomic mass is 10.0. The summed E-state index contributed by atoms with van der Waals surface area (Å²) in [6.07, 6.45) is -10.2. The zero-order valence-corrected chi connectivity index (χ0v) is 10.5. The van der Waals surface area contributed by atoms with E-state index in [0.717, 1.165) is 0 Å². The van der Waals surface area contributed by atoms with Crippen LogP contribution in [0.3, 0.4) is 0 Å². The molecule has 2 aromatic rings. The Hall–Kier alpha value is -2.57. The fraction of sp³-hybridized carbons (Fsp3) is 0.250. The van der Waals surface area contributed by atoms with Gasteiger partial charge in [0.15, 0.2) is 5.69 Å². The molecule has 1 N–H and O–H groups in total. The third kappa shape index (κ3) is 3.36. The highest BCUT2D eigenvalue weighted by atomic mass is 19.4. The molecular weight excluding hydrogens is 314 g/mol. The lowest BCUT2D eigenvalue weighted by molar-refractivity contribution is -0.143. The third-order valence-corrected chi connectivity index (χ3v) is 2.75. The quantitative estimate of drug-likeness (QED) is 0.864. The Morgan fingerprint density at radius 3 is 1.95 bits per heavy atom. The van der Waals surface area contributed by atoms with Gasteiger partial charge in [0, 0.05) is 6.42 Å². The first-order valence-corrected chi connectivity index (χ1v) is 5.69. The van der Waals surface area contributed by atoms with Gasteiger partial charge in [0.2, 0.25) is 0 Å². The Balaban J connectivity index is 2.49. The van der Waals surface area contributed by atoms with Crippen LogP contribution in [0.1, 0.15) is 28.1 Å². The van der Waals surface area contributed by atoms with E-state index >= 15 is 0 Å². The zero-order valence-electron chi connectivity index (χ0n) is 10.5. The van der Waals surface area contributed by atoms with Crippen molar-refractivity contribution >= 4 is 0 Å². The van der Waals surface area contributed by atoms with Crippen molar-refractivity contribution in [2.24, 2.45) is 0 Å². The maximum Gasteiger partial charge on any atom is 0.416 e. The van der Waals surface area contributed by atoms with Crippen molar-refractivity contribution in [2.45, 2.75) is 18.8 Å². The molecule has 22 heavy (non-hydrogen) atoms. The lowest BCUT2D eigenvalue weighted by Gasteiger charge is -2.13. The summed E-state index contributed by atoms with van der Waals surface area (Å²) >= 11 is 0. The van der Waals surface area contributed by atoms with Gasteiger partial charge < -0.3 is 0 Å². The fourth-order valence-corrected chi connectivity index (χ4v) is 1.78. The molecule has 0 radical (unpaired) electrons. The van der Waals surface area contributed by atoms with Crippen molar-refractivity contribution in [3.05, 3.63) is 46.3 Å². The van der Waals surface area contributed by atoms with E-state index < -0.39 is 23.5 Å². The molecule has 4 nitrogen and oxygen atoms in total. The number of aromatic amines is 1. The molecule has 0 aliphatic carbocycles. The number of aromatic nitrogens is 3. The van der Waals surface area contributed by atoms with E-state index in [1.165, 1.54) is 0 Å². The largest absolute Gasteiger partial charge is 0.416 e. The number of halogens is 6. The zero-order chi connectivity index (χ0) is 16.5. The number of rotatable bonds is 2. The average molecular weight is 320 g/mol. The molecule has 0 atom stereocenters. The van der Waals surface area contributed by atoms with Gasteiger partial charge in [-0.3, -0.25) is 0 Å². The maximum absolute atomic E-state index is 12.7. The standard InChI is InChI=1S/C12H6F6N4/c13-11(14,15)7-1-6(2-8(4-7)12(16,17)18)3-9-10(5-19)21-22-20-9/h1-2,4H,3H2,(H,20,21,22). The van der Waals surface area contributed by atoms with E-state index in [0.29, 0.717) is 12.1 Å². The van der Waals surface area contributed by atoms with Gasteiger partial charge in [-0.15, -0.1) is 5.10 Å². The molecule has 0 fully saturated rings. The van der Waals surface area contributed by atoms with Crippen molar-refractivity contribution < 1.29 is 26.3 Å². The predicted octanol–water partition coefficient (Wildman–Crippen LogP) is 3.30. The van der Waals surface area contributed by atoms with E-state index in [1.54, 1.807) is 6.07 Å². The summed E-state index contributed by atoms with van der Waals surface area (Å²) in [5, 5.41) is 17.8. The smallest absolute Gasteiger partial charge is 0.196 e. The number of hydrogen-bond acceptors (Lipinski definition) is 3. The molecular formula is C12H6F6N4. The van der Waals surface area contributed by atoms with Crippen molar-refractivity contribution in [1.29, 1.82) is 5.26 Å². The summed E-state index contributed by atoms with van der Waals surface area (Å²) in [4.78, 5) is 0. The van der Waals surface area contributed by atoms with Crippen molar-refractivity contribution in [3.63, 3.8) is 0 Å². The lowest BCUT2D eigenvalue weighted by Crippen LogP contribution is -2.12. The second-order valence-corrected chi connectivity index (χ2v) is 4.32. The van der Waals surface area contributed by atoms with Crippen molar-refractivity contribution in [2.75, 3.05) is 0 Å². The van der Waals surface area contributed by atoms with E-state index in [-0.39, 0.29) is 29.4 Å². The van der Waals surface area contributed by atoms with Gasteiger partial charge in [0.25, 0.3) is 0 Å². The molecule has 0 aliphatic heterocycles. The number of nitrogens with zero attached hydrogens (tertiary/aromatic N) is 3. The average Bonchev–Trinajstić information content (AvgIpc) is 2.83. The normalized spacial score (nSPS) is 12.2. The second kappa shape index (κ2) is 5.32. The molecule has 0 amide bonds. The highest BCUT2D eigenvalue weighted by molar-refractivity contribution is 5.37. The van der Waals surface area contributed by atoms with Crippen LogP contribution >= 0.6 is 0 Å². The highest BCUT2D eigenvalue weighted by Gasteiger charge is 2.36. The Kier molecular flexibility index (Phi) is 3.83. The third-order valence-electron chi connectivity index (χ3n) is 2.75. The van der Waals surface area contributed by atoms with Gasteiger partial charge in [-0.1, -0.05) is 0 Å². The monoisotopic (exact) mass is 320 g/mol. The van der Waals surface area contributed by atoms with Gasteiger partial charge in [-0.2, -0.15) is 41.9 Å². The summed E-state index contributed by atoms with van der Waals surface area (Å²) < 4.78 is 76.2. The molecule has 2 rings (SSSR count). The minimum atomic E-state index is -4.92. The van der Waals surface area contributed by atoms with Crippen LogP contribution in [0.25, 0.3) is 0 Å². The summed E-state index contributed by atoms with van der Waals surface area (Å²) in [6, 6.07) is 2.85. The minimum absolute atomic E-state index is 0.0325. The van der Waals surface area contributed by atoms with Crippen LogP contribution in [0.4, 0.5) is 26.3 Å². The van der Waals surface area contributed by atoms with E-state index in [2.05, 4.69) is 15.4 Å². The first-order valence-electron chi connectivity index (χ1n) is 5.69. The Bertz CT molecular complexity index is 690. The Morgan fingerprint density at radius 2 is 1.50 bits per heavy atom. The molecule has 116 valence electrons. The van der Waals surface area contributed by atoms with Crippen LogP contribution in [0.15, 0.2) is 18.2 Å². The van der Waals surface area contributed by atoms with Gasteiger partial charge in [-0.25, -0.2) is 0 Å². The SMILES string of the molecule is N#Cc1n[nH]nc1Cc1cc(C(F)(F)F)cc(C(F)(F)F)c1. The molecule has 10 heteroatoms. The van der Waals surface area contributed by atoms with Gasteiger partial charge in [-0.05, 0) is 23.8 Å². The summed E-state index contributed by atoms with van der Waals surface area (Å²) in [5.74, 6) is 0. The van der Waals surface area contributed by atoms with Gasteiger partial charge >= 0.3 is 12.4 Å². The van der Waals surface area contributed by atoms with Crippen LogP contribution in [-0.2, 0) is 18.8 Å². The molecule has 0 aliphatic rings. The van der Waals surface area contributed by atoms with Crippen LogP contribution in [-0.4, -0.2) is 15.4 Å². The molecule has 0 spiro atoms. The Labute approximate surface area is 119 Å². The van der Waals surface area contributed by atoms with Gasteiger partial charge in [0.1, 0.15) is 11.8 Å². The maximum atomic E-state index is 12.7. The fourth-order valence-electron chi connectivity index (χ4n) is 1.78. The molecule has 0 saturated carbocycles. The van der Waals surface area contributed by atoms with Crippen LogP contribution < -0.4 is 0 Å².